The van der Waals surface area contributed by atoms with Gasteiger partial charge in [-0.05, 0) is 48.6 Å². The molecule has 2 aromatic carbocycles. The van der Waals surface area contributed by atoms with Crippen LogP contribution in [0.1, 0.15) is 30.1 Å². The largest absolute Gasteiger partial charge is 0.484 e. The van der Waals surface area contributed by atoms with E-state index in [4.69, 9.17) is 22.1 Å². The summed E-state index contributed by atoms with van der Waals surface area (Å²) < 4.78 is 6.08. The molecular weight excluding hydrogens is 258 g/mol. The highest BCUT2D eigenvalue weighted by Gasteiger charge is 2.21. The van der Waals surface area contributed by atoms with Crippen LogP contribution < -0.4 is 10.5 Å². The molecule has 0 aromatic heterocycles. The zero-order valence-corrected chi connectivity index (χ0v) is 11.4. The van der Waals surface area contributed by atoms with Gasteiger partial charge in [0.05, 0.1) is 5.02 Å². The lowest BCUT2D eigenvalue weighted by Gasteiger charge is -2.26. The molecule has 98 valence electrons. The lowest BCUT2D eigenvalue weighted by atomic mass is 9.89. The van der Waals surface area contributed by atoms with E-state index in [1.165, 1.54) is 11.1 Å². The highest BCUT2D eigenvalue weighted by Crippen LogP contribution is 2.36. The molecule has 0 fully saturated rings. The van der Waals surface area contributed by atoms with Crippen molar-refractivity contribution in [2.24, 2.45) is 0 Å². The van der Waals surface area contributed by atoms with Gasteiger partial charge in [-0.3, -0.25) is 0 Å². The van der Waals surface area contributed by atoms with E-state index in [9.17, 15) is 0 Å². The number of rotatable bonds is 2. The van der Waals surface area contributed by atoms with Crippen LogP contribution in [0, 0.1) is 0 Å². The lowest BCUT2D eigenvalue weighted by molar-refractivity contribution is 0.183. The second-order valence-corrected chi connectivity index (χ2v) is 5.29. The number of anilines is 1. The fourth-order valence-electron chi connectivity index (χ4n) is 2.60. The molecule has 0 aliphatic heterocycles. The highest BCUT2D eigenvalue weighted by molar-refractivity contribution is 6.32. The summed E-state index contributed by atoms with van der Waals surface area (Å²) in [6, 6.07) is 13.8. The van der Waals surface area contributed by atoms with Crippen molar-refractivity contribution in [3.63, 3.8) is 0 Å². The molecule has 1 atom stereocenters. The fraction of sp³-hybridized carbons (Fsp3) is 0.250. The third-order valence-corrected chi connectivity index (χ3v) is 3.83. The standard InChI is InChI=1S/C16H16ClNO/c17-14-10-12(18)8-9-16(14)19-15-7-3-5-11-4-1-2-6-13(11)15/h1-2,4,6,8-10,15H,3,5,7,18H2. The van der Waals surface area contributed by atoms with E-state index in [1.807, 2.05) is 12.1 Å². The Bertz CT molecular complexity index is 597. The molecule has 2 N–H and O–H groups in total. The highest BCUT2D eigenvalue weighted by atomic mass is 35.5. The van der Waals surface area contributed by atoms with Crippen molar-refractivity contribution in [2.45, 2.75) is 25.4 Å². The van der Waals surface area contributed by atoms with Crippen LogP contribution in [0.15, 0.2) is 42.5 Å². The third-order valence-electron chi connectivity index (χ3n) is 3.54. The minimum absolute atomic E-state index is 0.0890. The van der Waals surface area contributed by atoms with E-state index in [1.54, 1.807) is 6.07 Å². The Hall–Kier alpha value is -1.67. The summed E-state index contributed by atoms with van der Waals surface area (Å²) in [6.07, 6.45) is 3.39. The molecule has 2 nitrogen and oxygen atoms in total. The Balaban J connectivity index is 1.88. The first kappa shape index (κ1) is 12.4. The van der Waals surface area contributed by atoms with Gasteiger partial charge in [0.1, 0.15) is 11.9 Å². The second-order valence-electron chi connectivity index (χ2n) is 4.89. The van der Waals surface area contributed by atoms with Crippen LogP contribution in [-0.2, 0) is 6.42 Å². The van der Waals surface area contributed by atoms with Crippen LogP contribution in [0.25, 0.3) is 0 Å². The second kappa shape index (κ2) is 5.14. The fourth-order valence-corrected chi connectivity index (χ4v) is 2.83. The van der Waals surface area contributed by atoms with E-state index in [-0.39, 0.29) is 6.10 Å². The van der Waals surface area contributed by atoms with Crippen molar-refractivity contribution >= 4 is 17.3 Å². The molecule has 3 heteroatoms. The first-order valence-corrected chi connectivity index (χ1v) is 6.91. The number of aryl methyl sites for hydroxylation is 1. The molecule has 0 amide bonds. The van der Waals surface area contributed by atoms with Crippen LogP contribution in [0.4, 0.5) is 5.69 Å². The van der Waals surface area contributed by atoms with Crippen molar-refractivity contribution in [2.75, 3.05) is 5.73 Å². The van der Waals surface area contributed by atoms with Crippen LogP contribution >= 0.6 is 11.6 Å². The Morgan fingerprint density at radius 1 is 1.16 bits per heavy atom. The number of fused-ring (bicyclic) bond motifs is 1. The van der Waals surface area contributed by atoms with Crippen molar-refractivity contribution in [3.05, 3.63) is 58.6 Å². The van der Waals surface area contributed by atoms with Gasteiger partial charge >= 0.3 is 0 Å². The normalized spacial score (nSPS) is 17.8. The average molecular weight is 274 g/mol. The topological polar surface area (TPSA) is 35.2 Å². The Morgan fingerprint density at radius 3 is 2.84 bits per heavy atom. The number of ether oxygens (including phenoxy) is 1. The van der Waals surface area contributed by atoms with Gasteiger partial charge in [-0.1, -0.05) is 35.9 Å². The first-order chi connectivity index (χ1) is 9.24. The molecule has 0 saturated heterocycles. The summed E-state index contributed by atoms with van der Waals surface area (Å²) in [6.45, 7) is 0. The molecule has 0 radical (unpaired) electrons. The minimum Gasteiger partial charge on any atom is -0.484 e. The summed E-state index contributed by atoms with van der Waals surface area (Å²) in [7, 11) is 0. The van der Waals surface area contributed by atoms with Crippen molar-refractivity contribution in [3.8, 4) is 5.75 Å². The summed E-state index contributed by atoms with van der Waals surface area (Å²) >= 11 is 6.17. The molecular formula is C16H16ClNO. The monoisotopic (exact) mass is 273 g/mol. The molecule has 1 aliphatic carbocycles. The Kier molecular flexibility index (Phi) is 3.34. The van der Waals surface area contributed by atoms with Crippen LogP contribution in [0.2, 0.25) is 5.02 Å². The average Bonchev–Trinajstić information content (AvgIpc) is 2.42. The van der Waals surface area contributed by atoms with Crippen LogP contribution in [0.5, 0.6) is 5.75 Å². The maximum Gasteiger partial charge on any atom is 0.138 e. The predicted octanol–water partition coefficient (Wildman–Crippen LogP) is 4.38. The van der Waals surface area contributed by atoms with Gasteiger partial charge in [0, 0.05) is 5.69 Å². The number of benzene rings is 2. The number of halogens is 1. The van der Waals surface area contributed by atoms with Crippen LogP contribution in [-0.4, -0.2) is 0 Å². The SMILES string of the molecule is Nc1ccc(OC2CCCc3ccccc32)c(Cl)c1. The molecule has 1 aliphatic rings. The smallest absolute Gasteiger partial charge is 0.138 e. The number of nitrogens with two attached hydrogens (primary N) is 1. The van der Waals surface area contributed by atoms with Crippen molar-refractivity contribution in [1.82, 2.24) is 0 Å². The lowest BCUT2D eigenvalue weighted by Crippen LogP contribution is -2.15. The van der Waals surface area contributed by atoms with Crippen molar-refractivity contribution in [1.29, 1.82) is 0 Å². The van der Waals surface area contributed by atoms with Gasteiger partial charge in [-0.15, -0.1) is 0 Å². The maximum absolute atomic E-state index is 6.17. The number of nitrogen functional groups attached to an aromatic ring is 1. The summed E-state index contributed by atoms with van der Waals surface area (Å²) in [5.74, 6) is 0.706. The summed E-state index contributed by atoms with van der Waals surface area (Å²) in [5, 5.41) is 0.572. The van der Waals surface area contributed by atoms with E-state index in [2.05, 4.69) is 24.3 Å². The quantitative estimate of drug-likeness (QED) is 0.824. The number of hydrogen-bond acceptors (Lipinski definition) is 2. The summed E-state index contributed by atoms with van der Waals surface area (Å²) in [5.41, 5.74) is 9.01. The van der Waals surface area contributed by atoms with E-state index in [0.717, 1.165) is 19.3 Å². The molecule has 0 spiro atoms. The minimum atomic E-state index is 0.0890. The Labute approximate surface area is 118 Å². The van der Waals surface area contributed by atoms with E-state index in [0.29, 0.717) is 16.5 Å². The molecule has 1 unspecified atom stereocenters. The summed E-state index contributed by atoms with van der Waals surface area (Å²) in [4.78, 5) is 0. The molecule has 2 aromatic rings. The van der Waals surface area contributed by atoms with E-state index < -0.39 is 0 Å². The molecule has 0 bridgehead atoms. The zero-order chi connectivity index (χ0) is 13.2. The van der Waals surface area contributed by atoms with Gasteiger partial charge in [0.25, 0.3) is 0 Å². The first-order valence-electron chi connectivity index (χ1n) is 6.53. The molecule has 0 saturated carbocycles. The van der Waals surface area contributed by atoms with Crippen LogP contribution in [0.3, 0.4) is 0 Å². The zero-order valence-electron chi connectivity index (χ0n) is 10.6. The van der Waals surface area contributed by atoms with Gasteiger partial charge < -0.3 is 10.5 Å². The van der Waals surface area contributed by atoms with Crippen molar-refractivity contribution < 1.29 is 4.74 Å². The predicted molar refractivity (Wildman–Crippen MR) is 78.6 cm³/mol. The van der Waals surface area contributed by atoms with E-state index >= 15 is 0 Å². The molecule has 3 rings (SSSR count). The number of hydrogen-bond donors (Lipinski definition) is 1. The van der Waals surface area contributed by atoms with Gasteiger partial charge in [-0.2, -0.15) is 0 Å². The Morgan fingerprint density at radius 2 is 2.00 bits per heavy atom. The molecule has 19 heavy (non-hydrogen) atoms. The van der Waals surface area contributed by atoms with Gasteiger partial charge in [0.2, 0.25) is 0 Å². The maximum atomic E-state index is 6.17. The van der Waals surface area contributed by atoms with Gasteiger partial charge in [0.15, 0.2) is 0 Å². The molecule has 0 heterocycles. The third kappa shape index (κ3) is 2.54. The van der Waals surface area contributed by atoms with Gasteiger partial charge in [-0.25, -0.2) is 0 Å².